The SMILES string of the molecule is CCCCCCCC(S)(C(C)=O)C(=O)O. The van der Waals surface area contributed by atoms with Crippen molar-refractivity contribution in [2.24, 2.45) is 0 Å². The second kappa shape index (κ2) is 6.88. The Morgan fingerprint density at radius 2 is 1.73 bits per heavy atom. The zero-order valence-corrected chi connectivity index (χ0v) is 10.3. The quantitative estimate of drug-likeness (QED) is 0.384. The Hall–Kier alpha value is -0.510. The second-order valence-electron chi connectivity index (χ2n) is 3.89. The van der Waals surface area contributed by atoms with Crippen LogP contribution in [0.3, 0.4) is 0 Å². The van der Waals surface area contributed by atoms with Gasteiger partial charge in [0.2, 0.25) is 0 Å². The fourth-order valence-electron chi connectivity index (χ4n) is 1.42. The summed E-state index contributed by atoms with van der Waals surface area (Å²) in [6, 6.07) is 0. The molecule has 0 aromatic rings. The van der Waals surface area contributed by atoms with Crippen molar-refractivity contribution in [2.45, 2.75) is 57.1 Å². The van der Waals surface area contributed by atoms with Crippen LogP contribution in [0.4, 0.5) is 0 Å². The summed E-state index contributed by atoms with van der Waals surface area (Å²) in [5.41, 5.74) is 0. The highest BCUT2D eigenvalue weighted by Gasteiger charge is 2.38. The van der Waals surface area contributed by atoms with E-state index in [1.807, 2.05) is 0 Å². The molecule has 0 aromatic heterocycles. The van der Waals surface area contributed by atoms with E-state index in [9.17, 15) is 9.59 Å². The molecule has 0 heterocycles. The van der Waals surface area contributed by atoms with Gasteiger partial charge in [0.1, 0.15) is 0 Å². The molecule has 15 heavy (non-hydrogen) atoms. The first-order chi connectivity index (χ1) is 6.95. The van der Waals surface area contributed by atoms with Gasteiger partial charge < -0.3 is 5.11 Å². The van der Waals surface area contributed by atoms with Crippen LogP contribution in [0, 0.1) is 0 Å². The third-order valence-electron chi connectivity index (χ3n) is 2.58. The lowest BCUT2D eigenvalue weighted by Gasteiger charge is -2.20. The Morgan fingerprint density at radius 1 is 1.20 bits per heavy atom. The van der Waals surface area contributed by atoms with Gasteiger partial charge in [-0.15, -0.1) is 0 Å². The monoisotopic (exact) mass is 232 g/mol. The van der Waals surface area contributed by atoms with E-state index in [2.05, 4.69) is 19.6 Å². The van der Waals surface area contributed by atoms with Crippen molar-refractivity contribution >= 4 is 24.4 Å². The van der Waals surface area contributed by atoms with Crippen molar-refractivity contribution < 1.29 is 14.7 Å². The molecule has 0 saturated heterocycles. The number of carbonyl (C=O) groups is 2. The molecular formula is C11H20O3S. The van der Waals surface area contributed by atoms with Gasteiger partial charge in [-0.25, -0.2) is 0 Å². The summed E-state index contributed by atoms with van der Waals surface area (Å²) < 4.78 is -1.48. The Morgan fingerprint density at radius 3 is 2.13 bits per heavy atom. The maximum atomic E-state index is 11.2. The Kier molecular flexibility index (Phi) is 6.65. The van der Waals surface area contributed by atoms with Gasteiger partial charge in [-0.3, -0.25) is 9.59 Å². The summed E-state index contributed by atoms with van der Waals surface area (Å²) in [5.74, 6) is -1.51. The first-order valence-electron chi connectivity index (χ1n) is 5.42. The van der Waals surface area contributed by atoms with E-state index in [1.165, 1.54) is 6.92 Å². The predicted molar refractivity (Wildman–Crippen MR) is 63.4 cm³/mol. The Balaban J connectivity index is 3.99. The smallest absolute Gasteiger partial charge is 0.327 e. The number of hydrogen-bond acceptors (Lipinski definition) is 3. The van der Waals surface area contributed by atoms with E-state index in [0.717, 1.165) is 32.1 Å². The van der Waals surface area contributed by atoms with Gasteiger partial charge in [0.25, 0.3) is 0 Å². The fraction of sp³-hybridized carbons (Fsp3) is 0.818. The standard InChI is InChI=1S/C11H20O3S/c1-3-4-5-6-7-8-11(15,9(2)12)10(13)14/h15H,3-8H2,1-2H3,(H,13,14). The van der Waals surface area contributed by atoms with Crippen molar-refractivity contribution in [3.05, 3.63) is 0 Å². The molecule has 3 nitrogen and oxygen atoms in total. The minimum absolute atomic E-state index is 0.324. The third kappa shape index (κ3) is 4.69. The predicted octanol–water partition coefficient (Wildman–Crippen LogP) is 2.69. The summed E-state index contributed by atoms with van der Waals surface area (Å²) in [4.78, 5) is 22.1. The van der Waals surface area contributed by atoms with Gasteiger partial charge in [-0.05, 0) is 13.3 Å². The van der Waals surface area contributed by atoms with Crippen molar-refractivity contribution in [3.8, 4) is 0 Å². The maximum absolute atomic E-state index is 11.2. The first kappa shape index (κ1) is 14.5. The van der Waals surface area contributed by atoms with E-state index in [0.29, 0.717) is 6.42 Å². The van der Waals surface area contributed by atoms with Gasteiger partial charge in [0.15, 0.2) is 10.5 Å². The zero-order chi connectivity index (χ0) is 11.9. The van der Waals surface area contributed by atoms with Crippen LogP contribution >= 0.6 is 12.6 Å². The van der Waals surface area contributed by atoms with Gasteiger partial charge in [-0.1, -0.05) is 39.0 Å². The van der Waals surface area contributed by atoms with Crippen molar-refractivity contribution in [1.82, 2.24) is 0 Å². The topological polar surface area (TPSA) is 54.4 Å². The highest BCUT2D eigenvalue weighted by Crippen LogP contribution is 2.24. The van der Waals surface area contributed by atoms with E-state index in [4.69, 9.17) is 5.11 Å². The molecule has 1 N–H and O–H groups in total. The molecule has 0 saturated carbocycles. The lowest BCUT2D eigenvalue weighted by atomic mass is 9.96. The molecular weight excluding hydrogens is 212 g/mol. The number of rotatable bonds is 8. The lowest BCUT2D eigenvalue weighted by molar-refractivity contribution is -0.143. The van der Waals surface area contributed by atoms with Gasteiger partial charge >= 0.3 is 5.97 Å². The van der Waals surface area contributed by atoms with Crippen molar-refractivity contribution in [2.75, 3.05) is 0 Å². The summed E-state index contributed by atoms with van der Waals surface area (Å²) >= 11 is 3.98. The molecule has 0 aliphatic rings. The van der Waals surface area contributed by atoms with Crippen LogP contribution in [0.5, 0.6) is 0 Å². The molecule has 0 aromatic carbocycles. The normalized spacial score (nSPS) is 14.6. The third-order valence-corrected chi connectivity index (χ3v) is 3.31. The van der Waals surface area contributed by atoms with Crippen LogP contribution in [0.2, 0.25) is 0 Å². The van der Waals surface area contributed by atoms with E-state index >= 15 is 0 Å². The van der Waals surface area contributed by atoms with Crippen molar-refractivity contribution in [3.63, 3.8) is 0 Å². The first-order valence-corrected chi connectivity index (χ1v) is 5.86. The van der Waals surface area contributed by atoms with Crippen LogP contribution in [0.15, 0.2) is 0 Å². The average Bonchev–Trinajstić information content (AvgIpc) is 2.16. The number of thiol groups is 1. The molecule has 1 atom stereocenters. The highest BCUT2D eigenvalue weighted by atomic mass is 32.1. The summed E-state index contributed by atoms with van der Waals surface area (Å²) in [6.07, 6.45) is 5.44. The number of carboxylic acids is 1. The molecule has 88 valence electrons. The average molecular weight is 232 g/mol. The summed E-state index contributed by atoms with van der Waals surface area (Å²) in [5, 5.41) is 8.91. The number of carboxylic acid groups (broad SMARTS) is 1. The number of unbranched alkanes of at least 4 members (excludes halogenated alkanes) is 4. The van der Waals surface area contributed by atoms with Crippen LogP contribution in [-0.4, -0.2) is 21.6 Å². The fourth-order valence-corrected chi connectivity index (χ4v) is 1.58. The molecule has 0 aliphatic carbocycles. The van der Waals surface area contributed by atoms with Gasteiger partial charge in [-0.2, -0.15) is 12.6 Å². The molecule has 4 heteroatoms. The number of hydrogen-bond donors (Lipinski definition) is 2. The zero-order valence-electron chi connectivity index (χ0n) is 9.45. The van der Waals surface area contributed by atoms with Gasteiger partial charge in [0.05, 0.1) is 0 Å². The summed E-state index contributed by atoms with van der Waals surface area (Å²) in [7, 11) is 0. The molecule has 0 bridgehead atoms. The Bertz CT molecular complexity index is 212. The lowest BCUT2D eigenvalue weighted by Crippen LogP contribution is -2.39. The molecule has 0 fully saturated rings. The summed E-state index contributed by atoms with van der Waals surface area (Å²) in [6.45, 7) is 3.41. The van der Waals surface area contributed by atoms with Crippen LogP contribution in [-0.2, 0) is 9.59 Å². The van der Waals surface area contributed by atoms with Crippen molar-refractivity contribution in [1.29, 1.82) is 0 Å². The van der Waals surface area contributed by atoms with Gasteiger partial charge in [0, 0.05) is 0 Å². The van der Waals surface area contributed by atoms with E-state index in [-0.39, 0.29) is 5.78 Å². The number of carbonyl (C=O) groups excluding carboxylic acids is 1. The van der Waals surface area contributed by atoms with Crippen LogP contribution in [0.1, 0.15) is 52.4 Å². The van der Waals surface area contributed by atoms with Crippen LogP contribution < -0.4 is 0 Å². The molecule has 0 radical (unpaired) electrons. The number of aliphatic carboxylic acids is 1. The molecule has 0 amide bonds. The number of Topliss-reactive ketones (excluding diaryl/α,β-unsaturated/α-hetero) is 1. The molecule has 0 rings (SSSR count). The Labute approximate surface area is 96.7 Å². The van der Waals surface area contributed by atoms with E-state index < -0.39 is 10.7 Å². The number of ketones is 1. The second-order valence-corrected chi connectivity index (χ2v) is 4.65. The maximum Gasteiger partial charge on any atom is 0.327 e. The van der Waals surface area contributed by atoms with E-state index in [1.54, 1.807) is 0 Å². The minimum Gasteiger partial charge on any atom is -0.480 e. The van der Waals surface area contributed by atoms with Crippen LogP contribution in [0.25, 0.3) is 0 Å². The minimum atomic E-state index is -1.48. The largest absolute Gasteiger partial charge is 0.480 e. The molecule has 0 spiro atoms. The highest BCUT2D eigenvalue weighted by molar-refractivity contribution is 7.83. The molecule has 1 unspecified atom stereocenters. The molecule has 0 aliphatic heterocycles.